The van der Waals surface area contributed by atoms with E-state index < -0.39 is 0 Å². The van der Waals surface area contributed by atoms with E-state index in [2.05, 4.69) is 13.0 Å². The van der Waals surface area contributed by atoms with Crippen molar-refractivity contribution < 1.29 is 14.3 Å². The van der Waals surface area contributed by atoms with Crippen molar-refractivity contribution in [1.82, 2.24) is 4.90 Å². The van der Waals surface area contributed by atoms with Crippen LogP contribution in [0.1, 0.15) is 31.7 Å². The van der Waals surface area contributed by atoms with E-state index in [1.54, 1.807) is 0 Å². The van der Waals surface area contributed by atoms with Crippen LogP contribution in [0.2, 0.25) is 0 Å². The standard InChI is InChI=1S/C17H23NO3/c1-2-13-7-3-4-8-15(13)21-14-11-18(12-14)17(19)16-9-5-6-10-20-16/h3-4,7-8,14,16H,2,5-6,9-12H2,1H3/t16-/m1/s1. The number of carbonyl (C=O) groups is 1. The van der Waals surface area contributed by atoms with Crippen LogP contribution in [-0.2, 0) is 16.0 Å². The van der Waals surface area contributed by atoms with Gasteiger partial charge in [0.2, 0.25) is 0 Å². The highest BCUT2D eigenvalue weighted by molar-refractivity contribution is 5.81. The van der Waals surface area contributed by atoms with Gasteiger partial charge in [-0.1, -0.05) is 25.1 Å². The van der Waals surface area contributed by atoms with E-state index in [0.717, 1.165) is 31.4 Å². The van der Waals surface area contributed by atoms with Crippen LogP contribution < -0.4 is 4.74 Å². The number of amides is 1. The van der Waals surface area contributed by atoms with Crippen LogP contribution >= 0.6 is 0 Å². The Morgan fingerprint density at radius 3 is 2.86 bits per heavy atom. The summed E-state index contributed by atoms with van der Waals surface area (Å²) in [6.07, 6.45) is 3.88. The van der Waals surface area contributed by atoms with E-state index in [1.807, 2.05) is 23.1 Å². The van der Waals surface area contributed by atoms with E-state index in [9.17, 15) is 4.79 Å². The Kier molecular flexibility index (Phi) is 4.44. The molecule has 2 fully saturated rings. The Balaban J connectivity index is 1.50. The molecule has 1 atom stereocenters. The minimum Gasteiger partial charge on any atom is -0.486 e. The molecule has 2 aliphatic heterocycles. The first kappa shape index (κ1) is 14.4. The van der Waals surface area contributed by atoms with Gasteiger partial charge in [0.15, 0.2) is 0 Å². The zero-order valence-electron chi connectivity index (χ0n) is 12.6. The fourth-order valence-corrected chi connectivity index (χ4v) is 2.92. The Hall–Kier alpha value is -1.55. The van der Waals surface area contributed by atoms with E-state index in [-0.39, 0.29) is 18.1 Å². The fourth-order valence-electron chi connectivity index (χ4n) is 2.92. The average molecular weight is 289 g/mol. The van der Waals surface area contributed by atoms with Gasteiger partial charge >= 0.3 is 0 Å². The SMILES string of the molecule is CCc1ccccc1OC1CN(C(=O)[C@H]2CCCCO2)C1. The number of ether oxygens (including phenoxy) is 2. The van der Waals surface area contributed by atoms with Gasteiger partial charge < -0.3 is 14.4 Å². The molecule has 3 rings (SSSR count). The Morgan fingerprint density at radius 2 is 2.14 bits per heavy atom. The van der Waals surface area contributed by atoms with Gasteiger partial charge in [-0.25, -0.2) is 0 Å². The van der Waals surface area contributed by atoms with E-state index in [0.29, 0.717) is 19.7 Å². The van der Waals surface area contributed by atoms with Gasteiger partial charge in [0.25, 0.3) is 5.91 Å². The van der Waals surface area contributed by atoms with Gasteiger partial charge in [-0.3, -0.25) is 4.79 Å². The third-order valence-corrected chi connectivity index (χ3v) is 4.26. The number of aryl methyl sites for hydroxylation is 1. The Morgan fingerprint density at radius 1 is 1.33 bits per heavy atom. The molecule has 1 aromatic rings. The second-order valence-electron chi connectivity index (χ2n) is 5.80. The van der Waals surface area contributed by atoms with Crippen molar-refractivity contribution in [2.24, 2.45) is 0 Å². The van der Waals surface area contributed by atoms with Crippen LogP contribution in [0.4, 0.5) is 0 Å². The van der Waals surface area contributed by atoms with Crippen LogP contribution in [-0.4, -0.2) is 42.7 Å². The summed E-state index contributed by atoms with van der Waals surface area (Å²) in [6.45, 7) is 4.20. The van der Waals surface area contributed by atoms with Crippen LogP contribution in [0.15, 0.2) is 24.3 Å². The maximum absolute atomic E-state index is 12.2. The van der Waals surface area contributed by atoms with Crippen molar-refractivity contribution in [1.29, 1.82) is 0 Å². The lowest BCUT2D eigenvalue weighted by Crippen LogP contribution is -2.59. The number of para-hydroxylation sites is 1. The average Bonchev–Trinajstić information content (AvgIpc) is 2.51. The summed E-state index contributed by atoms with van der Waals surface area (Å²) in [6, 6.07) is 8.12. The van der Waals surface area contributed by atoms with Crippen molar-refractivity contribution in [3.8, 4) is 5.75 Å². The van der Waals surface area contributed by atoms with Gasteiger partial charge in [0.1, 0.15) is 18.0 Å². The molecule has 2 heterocycles. The maximum atomic E-state index is 12.2. The molecule has 114 valence electrons. The van der Waals surface area contributed by atoms with Crippen LogP contribution in [0.3, 0.4) is 0 Å². The van der Waals surface area contributed by atoms with Crippen molar-refractivity contribution in [2.75, 3.05) is 19.7 Å². The molecule has 21 heavy (non-hydrogen) atoms. The van der Waals surface area contributed by atoms with Crippen molar-refractivity contribution in [2.45, 2.75) is 44.8 Å². The molecule has 0 bridgehead atoms. The second kappa shape index (κ2) is 6.48. The number of rotatable bonds is 4. The van der Waals surface area contributed by atoms with Crippen molar-refractivity contribution in [3.05, 3.63) is 29.8 Å². The van der Waals surface area contributed by atoms with Gasteiger partial charge in [0, 0.05) is 6.61 Å². The van der Waals surface area contributed by atoms with Crippen molar-refractivity contribution >= 4 is 5.91 Å². The lowest BCUT2D eigenvalue weighted by molar-refractivity contribution is -0.155. The molecule has 0 saturated carbocycles. The Bertz CT molecular complexity index is 491. The molecule has 0 unspecified atom stereocenters. The summed E-state index contributed by atoms with van der Waals surface area (Å²) < 4.78 is 11.6. The molecule has 4 nitrogen and oxygen atoms in total. The molecule has 1 amide bonds. The first-order valence-electron chi connectivity index (χ1n) is 7.93. The summed E-state index contributed by atoms with van der Waals surface area (Å²) >= 11 is 0. The number of hydrogen-bond donors (Lipinski definition) is 0. The van der Waals surface area contributed by atoms with Gasteiger partial charge in [-0.15, -0.1) is 0 Å². The lowest BCUT2D eigenvalue weighted by atomic mass is 10.0. The zero-order valence-corrected chi connectivity index (χ0v) is 12.6. The highest BCUT2D eigenvalue weighted by Crippen LogP contribution is 2.24. The highest BCUT2D eigenvalue weighted by Gasteiger charge is 2.36. The van der Waals surface area contributed by atoms with E-state index >= 15 is 0 Å². The summed E-state index contributed by atoms with van der Waals surface area (Å²) in [4.78, 5) is 14.1. The molecule has 2 aliphatic rings. The molecule has 0 radical (unpaired) electrons. The lowest BCUT2D eigenvalue weighted by Gasteiger charge is -2.41. The van der Waals surface area contributed by atoms with Crippen molar-refractivity contribution in [3.63, 3.8) is 0 Å². The predicted molar refractivity (Wildman–Crippen MR) is 80.4 cm³/mol. The van der Waals surface area contributed by atoms with Gasteiger partial charge in [-0.05, 0) is 37.3 Å². The fraction of sp³-hybridized carbons (Fsp3) is 0.588. The topological polar surface area (TPSA) is 38.8 Å². The molecule has 2 saturated heterocycles. The predicted octanol–water partition coefficient (Wildman–Crippen LogP) is 2.41. The van der Waals surface area contributed by atoms with Gasteiger partial charge in [0.05, 0.1) is 13.1 Å². The molecule has 0 aromatic heterocycles. The normalized spacial score (nSPS) is 22.7. The molecule has 0 spiro atoms. The van der Waals surface area contributed by atoms with Crippen LogP contribution in [0.5, 0.6) is 5.75 Å². The molecule has 0 N–H and O–H groups in total. The number of likely N-dealkylation sites (tertiary alicyclic amines) is 1. The van der Waals surface area contributed by atoms with Crippen LogP contribution in [0, 0.1) is 0 Å². The van der Waals surface area contributed by atoms with Gasteiger partial charge in [-0.2, -0.15) is 0 Å². The van der Waals surface area contributed by atoms with E-state index in [1.165, 1.54) is 5.56 Å². The summed E-state index contributed by atoms with van der Waals surface area (Å²) in [5, 5.41) is 0. The first-order chi connectivity index (χ1) is 10.3. The summed E-state index contributed by atoms with van der Waals surface area (Å²) in [7, 11) is 0. The van der Waals surface area contributed by atoms with E-state index in [4.69, 9.17) is 9.47 Å². The summed E-state index contributed by atoms with van der Waals surface area (Å²) in [5.41, 5.74) is 1.22. The Labute approximate surface area is 126 Å². The quantitative estimate of drug-likeness (QED) is 0.854. The second-order valence-corrected chi connectivity index (χ2v) is 5.80. The number of hydrogen-bond acceptors (Lipinski definition) is 3. The minimum atomic E-state index is -0.220. The number of carbonyl (C=O) groups excluding carboxylic acids is 1. The smallest absolute Gasteiger partial charge is 0.251 e. The molecule has 4 heteroatoms. The third kappa shape index (κ3) is 3.21. The molecular formula is C17H23NO3. The molecule has 1 aromatic carbocycles. The highest BCUT2D eigenvalue weighted by atomic mass is 16.5. The number of benzene rings is 1. The zero-order chi connectivity index (χ0) is 14.7. The maximum Gasteiger partial charge on any atom is 0.251 e. The third-order valence-electron chi connectivity index (χ3n) is 4.26. The summed E-state index contributed by atoms with van der Waals surface area (Å²) in [5.74, 6) is 1.09. The minimum absolute atomic E-state index is 0.116. The van der Waals surface area contributed by atoms with Crippen LogP contribution in [0.25, 0.3) is 0 Å². The molecular weight excluding hydrogens is 266 g/mol. The largest absolute Gasteiger partial charge is 0.486 e. The molecule has 0 aliphatic carbocycles. The number of nitrogens with zero attached hydrogens (tertiary/aromatic N) is 1. The monoisotopic (exact) mass is 289 g/mol. The first-order valence-corrected chi connectivity index (χ1v) is 7.93.